The molecule has 1 saturated heterocycles. The summed E-state index contributed by atoms with van der Waals surface area (Å²) in [7, 11) is 1.33. The normalized spacial score (nSPS) is 22.8. The van der Waals surface area contributed by atoms with E-state index in [-0.39, 0.29) is 17.8 Å². The molecule has 2 aromatic carbocycles. The van der Waals surface area contributed by atoms with E-state index < -0.39 is 11.6 Å². The first-order chi connectivity index (χ1) is 12.7. The van der Waals surface area contributed by atoms with Gasteiger partial charge in [0.1, 0.15) is 0 Å². The lowest BCUT2D eigenvalue weighted by Gasteiger charge is -2.44. The molecule has 2 aliphatic rings. The summed E-state index contributed by atoms with van der Waals surface area (Å²) in [5, 5.41) is 0. The molecular weight excluding hydrogens is 336 g/mol. The SMILES string of the molecule is COc1ccc(C2=CC3COCC(C2)N3Cc2ccccc2)c(F)c1F. The smallest absolute Gasteiger partial charge is 0.201 e. The Morgan fingerprint density at radius 1 is 1.08 bits per heavy atom. The quantitative estimate of drug-likeness (QED) is 0.825. The van der Waals surface area contributed by atoms with Crippen molar-refractivity contribution in [2.75, 3.05) is 20.3 Å². The second kappa shape index (κ2) is 7.17. The summed E-state index contributed by atoms with van der Waals surface area (Å²) >= 11 is 0. The molecule has 2 aliphatic heterocycles. The Balaban J connectivity index is 1.64. The van der Waals surface area contributed by atoms with Crippen LogP contribution in [-0.4, -0.2) is 37.3 Å². The highest BCUT2D eigenvalue weighted by Crippen LogP contribution is 2.36. The summed E-state index contributed by atoms with van der Waals surface area (Å²) in [5.41, 5.74) is 2.40. The molecule has 0 aromatic heterocycles. The van der Waals surface area contributed by atoms with Crippen molar-refractivity contribution in [3.8, 4) is 5.75 Å². The largest absolute Gasteiger partial charge is 0.494 e. The van der Waals surface area contributed by atoms with Crippen LogP contribution in [0.2, 0.25) is 0 Å². The van der Waals surface area contributed by atoms with Gasteiger partial charge in [-0.15, -0.1) is 0 Å². The van der Waals surface area contributed by atoms with Gasteiger partial charge in [0.15, 0.2) is 11.6 Å². The Morgan fingerprint density at radius 3 is 2.62 bits per heavy atom. The zero-order valence-corrected chi connectivity index (χ0v) is 14.6. The van der Waals surface area contributed by atoms with E-state index in [0.29, 0.717) is 25.2 Å². The van der Waals surface area contributed by atoms with Gasteiger partial charge in [0.2, 0.25) is 5.82 Å². The molecule has 5 heteroatoms. The van der Waals surface area contributed by atoms with Crippen LogP contribution in [0.4, 0.5) is 8.78 Å². The predicted octanol–water partition coefficient (Wildman–Crippen LogP) is 4.03. The number of morpholine rings is 1. The molecule has 0 saturated carbocycles. The molecule has 4 rings (SSSR count). The third-order valence-electron chi connectivity index (χ3n) is 5.16. The predicted molar refractivity (Wildman–Crippen MR) is 95.9 cm³/mol. The summed E-state index contributed by atoms with van der Waals surface area (Å²) < 4.78 is 39.2. The van der Waals surface area contributed by atoms with E-state index in [1.54, 1.807) is 6.07 Å². The van der Waals surface area contributed by atoms with Crippen molar-refractivity contribution in [3.63, 3.8) is 0 Å². The number of halogens is 2. The van der Waals surface area contributed by atoms with Crippen LogP contribution in [0.5, 0.6) is 5.75 Å². The number of hydrogen-bond donors (Lipinski definition) is 0. The van der Waals surface area contributed by atoms with E-state index in [2.05, 4.69) is 17.0 Å². The Kier molecular flexibility index (Phi) is 4.74. The molecule has 26 heavy (non-hydrogen) atoms. The molecule has 3 nitrogen and oxygen atoms in total. The van der Waals surface area contributed by atoms with E-state index in [1.165, 1.54) is 18.7 Å². The van der Waals surface area contributed by atoms with Crippen LogP contribution in [0, 0.1) is 11.6 Å². The van der Waals surface area contributed by atoms with Gasteiger partial charge in [0, 0.05) is 18.2 Å². The topological polar surface area (TPSA) is 21.7 Å². The number of rotatable bonds is 4. The van der Waals surface area contributed by atoms with Crippen molar-refractivity contribution >= 4 is 5.57 Å². The zero-order chi connectivity index (χ0) is 18.1. The van der Waals surface area contributed by atoms with Gasteiger partial charge in [-0.3, -0.25) is 4.90 Å². The monoisotopic (exact) mass is 357 g/mol. The Labute approximate surface area is 151 Å². The van der Waals surface area contributed by atoms with Crippen molar-refractivity contribution in [2.24, 2.45) is 0 Å². The summed E-state index contributed by atoms with van der Waals surface area (Å²) in [4.78, 5) is 2.39. The average Bonchev–Trinajstić information content (AvgIpc) is 2.65. The van der Waals surface area contributed by atoms with Gasteiger partial charge in [0.05, 0.1) is 26.4 Å². The van der Waals surface area contributed by atoms with Gasteiger partial charge in [-0.2, -0.15) is 4.39 Å². The first-order valence-corrected chi connectivity index (χ1v) is 8.78. The fourth-order valence-electron chi connectivity index (χ4n) is 3.84. The molecule has 136 valence electrons. The van der Waals surface area contributed by atoms with Gasteiger partial charge in [-0.1, -0.05) is 36.4 Å². The van der Waals surface area contributed by atoms with Crippen LogP contribution in [0.3, 0.4) is 0 Å². The zero-order valence-electron chi connectivity index (χ0n) is 14.6. The molecule has 2 bridgehead atoms. The van der Waals surface area contributed by atoms with Crippen molar-refractivity contribution in [1.82, 2.24) is 4.90 Å². The van der Waals surface area contributed by atoms with Crippen LogP contribution in [0.1, 0.15) is 17.5 Å². The number of methoxy groups -OCH3 is 1. The third-order valence-corrected chi connectivity index (χ3v) is 5.16. The Hall–Kier alpha value is -2.24. The van der Waals surface area contributed by atoms with E-state index in [4.69, 9.17) is 9.47 Å². The van der Waals surface area contributed by atoms with Crippen LogP contribution >= 0.6 is 0 Å². The maximum Gasteiger partial charge on any atom is 0.201 e. The van der Waals surface area contributed by atoms with Crippen LogP contribution in [0.25, 0.3) is 5.57 Å². The first kappa shape index (κ1) is 17.2. The Morgan fingerprint density at radius 2 is 1.88 bits per heavy atom. The molecule has 1 fully saturated rings. The lowest BCUT2D eigenvalue weighted by molar-refractivity contribution is -0.0403. The van der Waals surface area contributed by atoms with Gasteiger partial charge in [-0.25, -0.2) is 4.39 Å². The number of fused-ring (bicyclic) bond motifs is 2. The molecule has 2 heterocycles. The van der Waals surface area contributed by atoms with Crippen LogP contribution in [-0.2, 0) is 11.3 Å². The Bertz CT molecular complexity index is 822. The molecule has 0 amide bonds. The summed E-state index contributed by atoms with van der Waals surface area (Å²) in [6, 6.07) is 13.6. The molecule has 2 atom stereocenters. The second-order valence-electron chi connectivity index (χ2n) is 6.76. The number of ether oxygens (including phenoxy) is 2. The number of hydrogen-bond acceptors (Lipinski definition) is 3. The van der Waals surface area contributed by atoms with Crippen molar-refractivity contribution < 1.29 is 18.3 Å². The lowest BCUT2D eigenvalue weighted by atomic mass is 9.89. The fraction of sp³-hybridized carbons (Fsp3) is 0.333. The lowest BCUT2D eigenvalue weighted by Crippen LogP contribution is -2.53. The highest BCUT2D eigenvalue weighted by atomic mass is 19.2. The maximum absolute atomic E-state index is 14.5. The number of benzene rings is 2. The van der Waals surface area contributed by atoms with Crippen molar-refractivity contribution in [1.29, 1.82) is 0 Å². The molecular formula is C21H21F2NO2. The minimum Gasteiger partial charge on any atom is -0.494 e. The molecule has 2 unspecified atom stereocenters. The van der Waals surface area contributed by atoms with E-state index >= 15 is 0 Å². The van der Waals surface area contributed by atoms with Crippen LogP contribution < -0.4 is 4.74 Å². The fourth-order valence-corrected chi connectivity index (χ4v) is 3.84. The average molecular weight is 357 g/mol. The minimum atomic E-state index is -0.931. The molecule has 0 spiro atoms. The van der Waals surface area contributed by atoms with Gasteiger partial charge >= 0.3 is 0 Å². The van der Waals surface area contributed by atoms with Gasteiger partial charge < -0.3 is 9.47 Å². The molecule has 0 radical (unpaired) electrons. The van der Waals surface area contributed by atoms with Crippen molar-refractivity contribution in [2.45, 2.75) is 25.0 Å². The van der Waals surface area contributed by atoms with E-state index in [9.17, 15) is 8.78 Å². The van der Waals surface area contributed by atoms with E-state index in [0.717, 1.165) is 12.1 Å². The van der Waals surface area contributed by atoms with Gasteiger partial charge in [-0.05, 0) is 29.7 Å². The standard InChI is InChI=1S/C21H21F2NO2/c1-25-19-8-7-18(20(22)21(19)23)15-9-16-12-26-13-17(10-15)24(16)11-14-5-3-2-4-6-14/h2-9,16-17H,10-13H2,1H3. The third kappa shape index (κ3) is 3.13. The highest BCUT2D eigenvalue weighted by Gasteiger charge is 2.35. The van der Waals surface area contributed by atoms with Gasteiger partial charge in [0.25, 0.3) is 0 Å². The summed E-state index contributed by atoms with van der Waals surface area (Å²) in [5.74, 6) is -1.85. The highest BCUT2D eigenvalue weighted by molar-refractivity contribution is 5.69. The first-order valence-electron chi connectivity index (χ1n) is 8.78. The molecule has 0 N–H and O–H groups in total. The van der Waals surface area contributed by atoms with Crippen molar-refractivity contribution in [3.05, 3.63) is 71.3 Å². The van der Waals surface area contributed by atoms with Crippen LogP contribution in [0.15, 0.2) is 48.5 Å². The second-order valence-corrected chi connectivity index (χ2v) is 6.76. The minimum absolute atomic E-state index is 0.0577. The molecule has 0 aliphatic carbocycles. The maximum atomic E-state index is 14.5. The summed E-state index contributed by atoms with van der Waals surface area (Å²) in [6.45, 7) is 1.98. The van der Waals surface area contributed by atoms with E-state index in [1.807, 2.05) is 24.3 Å². The molecule has 2 aromatic rings. The summed E-state index contributed by atoms with van der Waals surface area (Å²) in [6.07, 6.45) is 2.65. The number of nitrogens with zero attached hydrogens (tertiary/aromatic N) is 1.